The van der Waals surface area contributed by atoms with Gasteiger partial charge in [0.25, 0.3) is 0 Å². The van der Waals surface area contributed by atoms with Crippen LogP contribution >= 0.6 is 0 Å². The van der Waals surface area contributed by atoms with Gasteiger partial charge in [0.05, 0.1) is 0 Å². The van der Waals surface area contributed by atoms with Gasteiger partial charge >= 0.3 is 6.85 Å². The number of benzene rings is 6. The van der Waals surface area contributed by atoms with Crippen LogP contribution in [0.1, 0.15) is 90.1 Å². The van der Waals surface area contributed by atoms with Gasteiger partial charge in [0, 0.05) is 73.1 Å². The summed E-state index contributed by atoms with van der Waals surface area (Å²) in [4.78, 5) is 11.9. The van der Waals surface area contributed by atoms with E-state index in [9.17, 15) is 0 Å². The Hall–Kier alpha value is -6.82. The van der Waals surface area contributed by atoms with Gasteiger partial charge in [0.2, 0.25) is 0 Å². The Labute approximate surface area is 428 Å². The molecular formula is C62H57BN5OPt-3. The first kappa shape index (κ1) is 46.9. The first-order valence-electron chi connectivity index (χ1n) is 24.1. The van der Waals surface area contributed by atoms with Crippen LogP contribution in [-0.2, 0) is 37.3 Å². The van der Waals surface area contributed by atoms with E-state index in [1.165, 1.54) is 27.7 Å². The van der Waals surface area contributed by atoms with Crippen molar-refractivity contribution in [3.63, 3.8) is 0 Å². The normalized spacial score (nSPS) is 14.8. The SMILES string of the molecule is CC(C)(C)c1cc(C2=C(N3[CH-]N(c4[c-]c(Oc5[c-]c6c(cc5)c5ccccc5n6-c5cc(C(C)(C)C)ccn5)ccc4)c4ccccc43)C(c3ccccc3)=CN3C=CC=CB23)cc(C(C)(C)C)c1.[Pt]. The van der Waals surface area contributed by atoms with Gasteiger partial charge < -0.3 is 23.9 Å². The van der Waals surface area contributed by atoms with Crippen molar-refractivity contribution in [1.82, 2.24) is 14.4 Å². The number of ether oxygens (including phenoxy) is 1. The molecule has 3 aliphatic heterocycles. The molecule has 0 spiro atoms. The largest absolute Gasteiger partial charge is 0.509 e. The Morgan fingerprint density at radius 3 is 1.99 bits per heavy atom. The molecular weight excluding hydrogens is 1040 g/mol. The molecule has 70 heavy (non-hydrogen) atoms. The second-order valence-electron chi connectivity index (χ2n) is 21.5. The van der Waals surface area contributed by atoms with E-state index < -0.39 is 0 Å². The number of rotatable bonds is 7. The van der Waals surface area contributed by atoms with E-state index in [0.717, 1.165) is 61.5 Å². The molecule has 2 aromatic heterocycles. The number of hydrogen-bond acceptors (Lipinski definition) is 5. The molecule has 8 aromatic rings. The van der Waals surface area contributed by atoms with Crippen molar-refractivity contribution in [1.29, 1.82) is 0 Å². The fourth-order valence-electron chi connectivity index (χ4n) is 9.83. The zero-order valence-electron chi connectivity index (χ0n) is 41.4. The van der Waals surface area contributed by atoms with Crippen molar-refractivity contribution in [2.75, 3.05) is 9.80 Å². The minimum atomic E-state index is -0.0607. The fourth-order valence-corrected chi connectivity index (χ4v) is 9.83. The summed E-state index contributed by atoms with van der Waals surface area (Å²) in [7, 11) is 0. The summed E-state index contributed by atoms with van der Waals surface area (Å²) < 4.78 is 8.93. The number of fused-ring (bicyclic) bond motifs is 5. The van der Waals surface area contributed by atoms with E-state index in [-0.39, 0.29) is 44.2 Å². The summed E-state index contributed by atoms with van der Waals surface area (Å²) in [5.74, 6) is 4.37. The maximum absolute atomic E-state index is 6.73. The molecule has 11 rings (SSSR count). The number of anilines is 3. The first-order chi connectivity index (χ1) is 33.1. The third kappa shape index (κ3) is 8.53. The predicted molar refractivity (Wildman–Crippen MR) is 288 cm³/mol. The number of hydrogen-bond donors (Lipinski definition) is 0. The average molecular weight is 1090 g/mol. The molecule has 0 N–H and O–H groups in total. The second kappa shape index (κ2) is 17.9. The molecule has 0 radical (unpaired) electrons. The van der Waals surface area contributed by atoms with Crippen molar-refractivity contribution >= 4 is 56.8 Å². The van der Waals surface area contributed by atoms with Gasteiger partial charge in [-0.1, -0.05) is 159 Å². The number of nitrogens with zero attached hydrogens (tertiary/aromatic N) is 5. The summed E-state index contributed by atoms with van der Waals surface area (Å²) in [6.45, 7) is 22.8. The molecule has 5 heterocycles. The van der Waals surface area contributed by atoms with E-state index in [1.54, 1.807) is 0 Å². The van der Waals surface area contributed by atoms with Crippen molar-refractivity contribution in [3.05, 3.63) is 229 Å². The fraction of sp³-hybridized carbons (Fsp3) is 0.194. The smallest absolute Gasteiger partial charge is 0.322 e. The molecule has 0 saturated heterocycles. The molecule has 0 saturated carbocycles. The third-order valence-corrected chi connectivity index (χ3v) is 13.6. The Morgan fingerprint density at radius 2 is 1.26 bits per heavy atom. The summed E-state index contributed by atoms with van der Waals surface area (Å²) in [5, 5.41) is 2.23. The van der Waals surface area contributed by atoms with Crippen LogP contribution in [0, 0.1) is 18.8 Å². The quantitative estimate of drug-likeness (QED) is 0.117. The molecule has 0 atom stereocenters. The van der Waals surface area contributed by atoms with E-state index in [4.69, 9.17) is 9.72 Å². The Bertz CT molecular complexity index is 3400. The van der Waals surface area contributed by atoms with Crippen molar-refractivity contribution in [2.24, 2.45) is 0 Å². The predicted octanol–water partition coefficient (Wildman–Crippen LogP) is 15.5. The zero-order valence-corrected chi connectivity index (χ0v) is 43.6. The summed E-state index contributed by atoms with van der Waals surface area (Å²) in [5.41, 5.74) is 14.5. The van der Waals surface area contributed by atoms with Crippen LogP contribution < -0.4 is 14.5 Å². The van der Waals surface area contributed by atoms with E-state index in [1.807, 2.05) is 24.4 Å². The van der Waals surface area contributed by atoms with Crippen LogP contribution in [0.4, 0.5) is 17.1 Å². The molecule has 0 aliphatic carbocycles. The first-order valence-corrected chi connectivity index (χ1v) is 24.1. The van der Waals surface area contributed by atoms with Gasteiger partial charge in [-0.15, -0.1) is 48.1 Å². The van der Waals surface area contributed by atoms with Gasteiger partial charge in [0.1, 0.15) is 5.82 Å². The van der Waals surface area contributed by atoms with Gasteiger partial charge in [0.15, 0.2) is 0 Å². The molecule has 3 aliphatic rings. The molecule has 0 unspecified atom stereocenters. The van der Waals surface area contributed by atoms with Crippen LogP contribution in [0.2, 0.25) is 0 Å². The zero-order chi connectivity index (χ0) is 47.8. The molecule has 0 fully saturated rings. The van der Waals surface area contributed by atoms with Crippen LogP contribution in [0.5, 0.6) is 11.5 Å². The molecule has 0 amide bonds. The van der Waals surface area contributed by atoms with Crippen LogP contribution in [-0.4, -0.2) is 21.2 Å². The number of pyridine rings is 1. The van der Waals surface area contributed by atoms with Crippen LogP contribution in [0.25, 0.3) is 38.7 Å². The number of aromatic nitrogens is 2. The number of allylic oxidation sites excluding steroid dienone is 3. The van der Waals surface area contributed by atoms with Crippen LogP contribution in [0.15, 0.2) is 182 Å². The Kier molecular flexibility index (Phi) is 12.0. The van der Waals surface area contributed by atoms with Crippen molar-refractivity contribution in [3.8, 4) is 17.3 Å². The molecule has 6 nitrogen and oxygen atoms in total. The summed E-state index contributed by atoms with van der Waals surface area (Å²) in [6.07, 6.45) is 10.7. The minimum absolute atomic E-state index is 0. The van der Waals surface area contributed by atoms with Crippen molar-refractivity contribution in [2.45, 2.75) is 78.6 Å². The van der Waals surface area contributed by atoms with E-state index in [2.05, 4.69) is 252 Å². The van der Waals surface area contributed by atoms with Gasteiger partial charge in [-0.05, 0) is 97.5 Å². The van der Waals surface area contributed by atoms with E-state index >= 15 is 0 Å². The number of para-hydroxylation sites is 3. The Balaban J connectivity index is 0.00000567. The summed E-state index contributed by atoms with van der Waals surface area (Å²) >= 11 is 0. The second-order valence-corrected chi connectivity index (χ2v) is 21.5. The van der Waals surface area contributed by atoms with Gasteiger partial charge in [-0.3, -0.25) is 0 Å². The van der Waals surface area contributed by atoms with Crippen LogP contribution in [0.3, 0.4) is 0 Å². The standard InChI is InChI=1S/C62H57BN5O.Pt/c1-60(2,3)44-30-32-64-57(37-44)68-53-25-14-13-24-50(53)51-29-28-49(39-56(51)68)69-48-23-19-22-47(38-48)66-41-67(55-27-16-15-26-54(55)66)59-52(42-20-11-10-12-21-42)40-65-33-18-17-31-63(65)58(59)43-34-45(61(4,5)6)36-46(35-43)62(7,8)9;/h10-37,40-41H,1-9H3;/q-3;. The molecule has 6 aromatic carbocycles. The van der Waals surface area contributed by atoms with Gasteiger partial charge in [-0.25, -0.2) is 4.98 Å². The third-order valence-electron chi connectivity index (χ3n) is 13.6. The van der Waals surface area contributed by atoms with Crippen molar-refractivity contribution < 1.29 is 25.8 Å². The Morgan fingerprint density at radius 1 is 0.586 bits per heavy atom. The van der Waals surface area contributed by atoms with E-state index in [0.29, 0.717) is 11.5 Å². The minimum Gasteiger partial charge on any atom is -0.509 e. The molecule has 0 bridgehead atoms. The molecule has 8 heteroatoms. The average Bonchev–Trinajstić information content (AvgIpc) is 3.89. The van der Waals surface area contributed by atoms with Gasteiger partial charge in [-0.2, -0.15) is 12.1 Å². The summed E-state index contributed by atoms with van der Waals surface area (Å²) in [6, 6.07) is 57.1. The maximum atomic E-state index is 6.73. The topological polar surface area (TPSA) is 36.8 Å². The monoisotopic (exact) mass is 1090 g/mol. The maximum Gasteiger partial charge on any atom is 0.322 e. The molecule has 352 valence electrons.